The van der Waals surface area contributed by atoms with Crippen molar-refractivity contribution in [2.45, 2.75) is 25.9 Å². The number of aryl methyl sites for hydroxylation is 1. The molecular weight excluding hydrogens is 256 g/mol. The molecule has 6 heteroatoms. The molecule has 1 unspecified atom stereocenters. The molecule has 2 aromatic rings. The van der Waals surface area contributed by atoms with Gasteiger partial charge < -0.3 is 0 Å². The first-order chi connectivity index (χ1) is 8.24. The van der Waals surface area contributed by atoms with E-state index in [0.717, 1.165) is 28.4 Å². The van der Waals surface area contributed by atoms with Crippen LogP contribution in [-0.4, -0.2) is 9.78 Å². The summed E-state index contributed by atoms with van der Waals surface area (Å²) in [4.78, 5) is 1.07. The highest BCUT2D eigenvalue weighted by atomic mass is 35.5. The van der Waals surface area contributed by atoms with Crippen LogP contribution in [0, 0.1) is 0 Å². The Bertz CT molecular complexity index is 479. The summed E-state index contributed by atoms with van der Waals surface area (Å²) in [6.07, 6.45) is 4.69. The summed E-state index contributed by atoms with van der Waals surface area (Å²) in [5.74, 6) is 5.59. The van der Waals surface area contributed by atoms with Crippen LogP contribution in [0.1, 0.15) is 23.4 Å². The van der Waals surface area contributed by atoms with Gasteiger partial charge in [0, 0.05) is 17.6 Å². The summed E-state index contributed by atoms with van der Waals surface area (Å²) in [6.45, 7) is 2.94. The second-order valence-corrected chi connectivity index (χ2v) is 5.12. The number of thiophene rings is 1. The maximum atomic E-state index is 6.11. The molecule has 17 heavy (non-hydrogen) atoms. The van der Waals surface area contributed by atoms with Gasteiger partial charge in [0.2, 0.25) is 0 Å². The molecule has 3 N–H and O–H groups in total. The van der Waals surface area contributed by atoms with E-state index < -0.39 is 0 Å². The lowest BCUT2D eigenvalue weighted by atomic mass is 10.1. The van der Waals surface area contributed by atoms with E-state index in [-0.39, 0.29) is 6.04 Å². The average molecular weight is 271 g/mol. The summed E-state index contributed by atoms with van der Waals surface area (Å²) in [5.41, 5.74) is 3.96. The summed E-state index contributed by atoms with van der Waals surface area (Å²) in [5, 5.41) is 6.98. The zero-order valence-electron chi connectivity index (χ0n) is 9.56. The maximum absolute atomic E-state index is 6.11. The van der Waals surface area contributed by atoms with Gasteiger partial charge in [0.15, 0.2) is 0 Å². The first-order valence-corrected chi connectivity index (χ1v) is 6.70. The van der Waals surface area contributed by atoms with Crippen molar-refractivity contribution in [1.29, 1.82) is 0 Å². The predicted molar refractivity (Wildman–Crippen MR) is 71.0 cm³/mol. The van der Waals surface area contributed by atoms with E-state index in [0.29, 0.717) is 0 Å². The number of rotatable bonds is 5. The molecule has 4 nitrogen and oxygen atoms in total. The highest BCUT2D eigenvalue weighted by Crippen LogP contribution is 2.30. The first kappa shape index (κ1) is 12.6. The quantitative estimate of drug-likeness (QED) is 0.648. The summed E-state index contributed by atoms with van der Waals surface area (Å²) in [7, 11) is 0. The van der Waals surface area contributed by atoms with E-state index in [1.807, 2.05) is 28.5 Å². The van der Waals surface area contributed by atoms with Crippen molar-refractivity contribution in [3.8, 4) is 0 Å². The average Bonchev–Trinajstić information content (AvgIpc) is 2.95. The summed E-state index contributed by atoms with van der Waals surface area (Å²) in [6, 6.07) is 1.93. The van der Waals surface area contributed by atoms with E-state index in [2.05, 4.69) is 17.4 Å². The van der Waals surface area contributed by atoms with Crippen LogP contribution in [0.5, 0.6) is 0 Å². The van der Waals surface area contributed by atoms with E-state index in [4.69, 9.17) is 17.4 Å². The van der Waals surface area contributed by atoms with Gasteiger partial charge in [0.1, 0.15) is 0 Å². The number of hydrogen-bond donors (Lipinski definition) is 2. The van der Waals surface area contributed by atoms with Gasteiger partial charge in [-0.2, -0.15) is 5.10 Å². The Balaban J connectivity index is 2.12. The van der Waals surface area contributed by atoms with Crippen molar-refractivity contribution in [2.75, 3.05) is 0 Å². The lowest BCUT2D eigenvalue weighted by molar-refractivity contribution is 0.560. The van der Waals surface area contributed by atoms with Gasteiger partial charge in [-0.05, 0) is 30.4 Å². The lowest BCUT2D eigenvalue weighted by Gasteiger charge is -2.13. The molecule has 0 aliphatic carbocycles. The number of nitrogens with one attached hydrogen (secondary N) is 1. The summed E-state index contributed by atoms with van der Waals surface area (Å²) < 4.78 is 1.90. The third-order valence-electron chi connectivity index (χ3n) is 2.61. The molecule has 2 aromatic heterocycles. The normalized spacial score (nSPS) is 12.9. The Morgan fingerprint density at radius 1 is 1.65 bits per heavy atom. The Morgan fingerprint density at radius 2 is 2.47 bits per heavy atom. The molecule has 0 saturated carbocycles. The number of aromatic nitrogens is 2. The molecule has 1 atom stereocenters. The molecule has 0 saturated heterocycles. The molecule has 0 fully saturated rings. The molecule has 0 aromatic carbocycles. The fourth-order valence-corrected chi connectivity index (χ4v) is 2.95. The molecule has 0 spiro atoms. The van der Waals surface area contributed by atoms with Crippen LogP contribution in [0.25, 0.3) is 0 Å². The van der Waals surface area contributed by atoms with Crippen molar-refractivity contribution in [2.24, 2.45) is 5.84 Å². The fraction of sp³-hybridized carbons (Fsp3) is 0.364. The highest BCUT2D eigenvalue weighted by Gasteiger charge is 2.16. The maximum Gasteiger partial charge on any atom is 0.0609 e. The van der Waals surface area contributed by atoms with Gasteiger partial charge in [-0.15, -0.1) is 11.3 Å². The minimum Gasteiger partial charge on any atom is -0.273 e. The second-order valence-electron chi connectivity index (χ2n) is 3.76. The molecule has 2 rings (SSSR count). The van der Waals surface area contributed by atoms with Crippen LogP contribution in [0.4, 0.5) is 0 Å². The molecule has 0 radical (unpaired) electrons. The van der Waals surface area contributed by atoms with E-state index >= 15 is 0 Å². The molecule has 0 aliphatic rings. The molecule has 0 bridgehead atoms. The van der Waals surface area contributed by atoms with E-state index in [9.17, 15) is 0 Å². The van der Waals surface area contributed by atoms with Gasteiger partial charge in [0.05, 0.1) is 17.3 Å². The molecule has 92 valence electrons. The minimum atomic E-state index is 0.0389. The van der Waals surface area contributed by atoms with Crippen molar-refractivity contribution in [3.63, 3.8) is 0 Å². The van der Waals surface area contributed by atoms with Crippen molar-refractivity contribution >= 4 is 22.9 Å². The second kappa shape index (κ2) is 5.64. The molecule has 2 heterocycles. The van der Waals surface area contributed by atoms with Crippen molar-refractivity contribution < 1.29 is 0 Å². The molecule has 0 amide bonds. The molecular formula is C11H15ClN4S. The smallest absolute Gasteiger partial charge is 0.0609 e. The van der Waals surface area contributed by atoms with Gasteiger partial charge in [-0.1, -0.05) is 11.6 Å². The number of hydrogen-bond acceptors (Lipinski definition) is 4. The van der Waals surface area contributed by atoms with Gasteiger partial charge in [-0.25, -0.2) is 0 Å². The SMILES string of the molecule is CCn1cc(CC(NN)c2sccc2Cl)cn1. The van der Waals surface area contributed by atoms with Crippen LogP contribution >= 0.6 is 22.9 Å². The van der Waals surface area contributed by atoms with Crippen LogP contribution in [-0.2, 0) is 13.0 Å². The van der Waals surface area contributed by atoms with Crippen LogP contribution in [0.15, 0.2) is 23.8 Å². The van der Waals surface area contributed by atoms with Gasteiger partial charge in [0.25, 0.3) is 0 Å². The van der Waals surface area contributed by atoms with Crippen molar-refractivity contribution in [1.82, 2.24) is 15.2 Å². The minimum absolute atomic E-state index is 0.0389. The van der Waals surface area contributed by atoms with Gasteiger partial charge >= 0.3 is 0 Å². The zero-order chi connectivity index (χ0) is 12.3. The van der Waals surface area contributed by atoms with Crippen molar-refractivity contribution in [3.05, 3.63) is 39.3 Å². The van der Waals surface area contributed by atoms with Crippen LogP contribution in [0.3, 0.4) is 0 Å². The summed E-state index contributed by atoms with van der Waals surface area (Å²) >= 11 is 7.72. The first-order valence-electron chi connectivity index (χ1n) is 5.45. The number of halogens is 1. The van der Waals surface area contributed by atoms with Crippen LogP contribution in [0.2, 0.25) is 5.02 Å². The Kier molecular flexibility index (Phi) is 4.17. The van der Waals surface area contributed by atoms with Crippen LogP contribution < -0.4 is 11.3 Å². The largest absolute Gasteiger partial charge is 0.273 e. The lowest BCUT2D eigenvalue weighted by Crippen LogP contribution is -2.29. The Hall–Kier alpha value is -0.880. The standard InChI is InChI=1S/C11H15ClN4S/c1-2-16-7-8(6-14-16)5-10(15-13)11-9(12)3-4-17-11/h3-4,6-7,10,15H,2,5,13H2,1H3. The monoisotopic (exact) mass is 270 g/mol. The number of hydrazine groups is 1. The topological polar surface area (TPSA) is 55.9 Å². The number of nitrogens with zero attached hydrogens (tertiary/aromatic N) is 2. The highest BCUT2D eigenvalue weighted by molar-refractivity contribution is 7.10. The predicted octanol–water partition coefficient (Wildman–Crippen LogP) is 2.37. The Labute approximate surface area is 109 Å². The third-order valence-corrected chi connectivity index (χ3v) is 4.09. The Morgan fingerprint density at radius 3 is 3.00 bits per heavy atom. The zero-order valence-corrected chi connectivity index (χ0v) is 11.1. The molecule has 0 aliphatic heterocycles. The number of nitrogens with two attached hydrogens (primary N) is 1. The van der Waals surface area contributed by atoms with E-state index in [1.165, 1.54) is 0 Å². The van der Waals surface area contributed by atoms with Gasteiger partial charge in [-0.3, -0.25) is 16.0 Å². The fourth-order valence-electron chi connectivity index (χ4n) is 1.70. The third kappa shape index (κ3) is 2.87. The van der Waals surface area contributed by atoms with E-state index in [1.54, 1.807) is 11.3 Å².